The smallest absolute Gasteiger partial charge is 0.254 e. The number of carbonyl (C=O) groups is 1. The fraction of sp³-hybridized carbons (Fsp3) is 0.381. The molecule has 29 heavy (non-hydrogen) atoms. The maximum Gasteiger partial charge on any atom is 0.254 e. The minimum absolute atomic E-state index is 0.0805. The van der Waals surface area contributed by atoms with E-state index < -0.39 is 21.7 Å². The molecule has 1 N–H and O–H groups in total. The monoisotopic (exact) mass is 438 g/mol. The van der Waals surface area contributed by atoms with Crippen LogP contribution in [0.3, 0.4) is 0 Å². The molecule has 1 amide bonds. The van der Waals surface area contributed by atoms with Gasteiger partial charge in [0.25, 0.3) is 5.91 Å². The molecule has 0 radical (unpaired) electrons. The van der Waals surface area contributed by atoms with E-state index in [-0.39, 0.29) is 28.8 Å². The quantitative estimate of drug-likeness (QED) is 0.765. The third kappa shape index (κ3) is 4.97. The molecule has 5 nitrogen and oxygen atoms in total. The summed E-state index contributed by atoms with van der Waals surface area (Å²) in [5.41, 5.74) is 0.374. The van der Waals surface area contributed by atoms with Crippen molar-refractivity contribution < 1.29 is 17.6 Å². The van der Waals surface area contributed by atoms with Gasteiger partial charge < -0.3 is 5.32 Å². The van der Waals surface area contributed by atoms with Crippen LogP contribution in [0.25, 0.3) is 0 Å². The zero-order valence-corrected chi connectivity index (χ0v) is 17.9. The average molecular weight is 439 g/mol. The molecule has 2 atom stereocenters. The number of sulfonamides is 1. The van der Waals surface area contributed by atoms with Crippen LogP contribution in [-0.4, -0.2) is 31.7 Å². The van der Waals surface area contributed by atoms with Crippen LogP contribution in [0.2, 0.25) is 5.02 Å². The Bertz CT molecular complexity index is 1000. The van der Waals surface area contributed by atoms with Crippen LogP contribution in [0.4, 0.5) is 4.39 Å². The number of hydrogen-bond donors (Lipinski definition) is 1. The highest BCUT2D eigenvalue weighted by Gasteiger charge is 2.32. The lowest BCUT2D eigenvalue weighted by molar-refractivity contribution is 0.0946. The predicted octanol–water partition coefficient (Wildman–Crippen LogP) is 4.08. The van der Waals surface area contributed by atoms with Crippen molar-refractivity contribution in [2.45, 2.75) is 31.7 Å². The van der Waals surface area contributed by atoms with Crippen molar-refractivity contribution >= 4 is 27.5 Å². The zero-order valence-electron chi connectivity index (χ0n) is 16.4. The topological polar surface area (TPSA) is 66.5 Å². The molecule has 1 heterocycles. The van der Waals surface area contributed by atoms with Crippen LogP contribution >= 0.6 is 11.6 Å². The second kappa shape index (κ2) is 8.81. The van der Waals surface area contributed by atoms with Crippen molar-refractivity contribution in [1.82, 2.24) is 9.62 Å². The van der Waals surface area contributed by atoms with Gasteiger partial charge >= 0.3 is 0 Å². The van der Waals surface area contributed by atoms with E-state index in [4.69, 9.17) is 11.6 Å². The highest BCUT2D eigenvalue weighted by Crippen LogP contribution is 2.27. The van der Waals surface area contributed by atoms with E-state index in [0.29, 0.717) is 23.7 Å². The zero-order chi connectivity index (χ0) is 21.2. The highest BCUT2D eigenvalue weighted by molar-refractivity contribution is 7.89. The molecule has 2 aromatic carbocycles. The lowest BCUT2D eigenvalue weighted by atomic mass is 9.94. The van der Waals surface area contributed by atoms with E-state index in [1.165, 1.54) is 10.4 Å². The average Bonchev–Trinajstić information content (AvgIpc) is 2.66. The number of piperidine rings is 1. The van der Waals surface area contributed by atoms with Crippen LogP contribution in [0, 0.1) is 17.7 Å². The van der Waals surface area contributed by atoms with E-state index in [9.17, 15) is 17.6 Å². The number of rotatable bonds is 5. The third-order valence-corrected chi connectivity index (χ3v) is 7.25. The summed E-state index contributed by atoms with van der Waals surface area (Å²) in [6.45, 7) is 4.96. The first-order valence-corrected chi connectivity index (χ1v) is 11.3. The second-order valence-corrected chi connectivity index (χ2v) is 10.0. The summed E-state index contributed by atoms with van der Waals surface area (Å²) < 4.78 is 41.8. The summed E-state index contributed by atoms with van der Waals surface area (Å²) in [5, 5.41) is 3.08. The molecule has 1 fully saturated rings. The van der Waals surface area contributed by atoms with E-state index in [1.807, 2.05) is 13.8 Å². The van der Waals surface area contributed by atoms with Gasteiger partial charge in [-0.2, -0.15) is 4.31 Å². The molecular weight excluding hydrogens is 415 g/mol. The summed E-state index contributed by atoms with van der Waals surface area (Å²) >= 11 is 6.07. The molecule has 0 spiro atoms. The summed E-state index contributed by atoms with van der Waals surface area (Å²) in [6, 6.07) is 10.3. The van der Waals surface area contributed by atoms with Crippen LogP contribution in [0.5, 0.6) is 0 Å². The summed E-state index contributed by atoms with van der Waals surface area (Å²) in [6.07, 6.45) is 0.963. The van der Waals surface area contributed by atoms with Gasteiger partial charge in [-0.05, 0) is 48.1 Å². The summed E-state index contributed by atoms with van der Waals surface area (Å²) in [5.74, 6) is -0.986. The van der Waals surface area contributed by atoms with Crippen LogP contribution < -0.4 is 5.32 Å². The van der Waals surface area contributed by atoms with Gasteiger partial charge in [-0.1, -0.05) is 43.6 Å². The molecule has 1 aliphatic rings. The lowest BCUT2D eigenvalue weighted by Crippen LogP contribution is -2.42. The highest BCUT2D eigenvalue weighted by atomic mass is 35.5. The number of amides is 1. The van der Waals surface area contributed by atoms with Crippen molar-refractivity contribution in [3.8, 4) is 0 Å². The Kier molecular flexibility index (Phi) is 6.61. The Morgan fingerprint density at radius 2 is 1.83 bits per heavy atom. The molecule has 3 rings (SSSR count). The van der Waals surface area contributed by atoms with Crippen LogP contribution in [0.1, 0.15) is 36.2 Å². The minimum Gasteiger partial charge on any atom is -0.348 e. The van der Waals surface area contributed by atoms with Gasteiger partial charge in [0.15, 0.2) is 0 Å². The second-order valence-electron chi connectivity index (χ2n) is 7.68. The number of nitrogens with zero attached hydrogens (tertiary/aromatic N) is 1. The molecule has 1 aliphatic heterocycles. The van der Waals surface area contributed by atoms with Gasteiger partial charge in [0.05, 0.1) is 10.5 Å². The van der Waals surface area contributed by atoms with Crippen molar-refractivity contribution in [3.05, 3.63) is 64.4 Å². The predicted molar refractivity (Wildman–Crippen MR) is 111 cm³/mol. The van der Waals surface area contributed by atoms with Gasteiger partial charge in [0, 0.05) is 24.7 Å². The molecule has 0 aromatic heterocycles. The van der Waals surface area contributed by atoms with E-state index in [2.05, 4.69) is 5.32 Å². The van der Waals surface area contributed by atoms with Crippen molar-refractivity contribution in [2.24, 2.45) is 11.8 Å². The number of carbonyl (C=O) groups excluding carboxylic acids is 1. The van der Waals surface area contributed by atoms with Gasteiger partial charge in [0.1, 0.15) is 5.82 Å². The first-order valence-electron chi connectivity index (χ1n) is 9.49. The molecule has 156 valence electrons. The maximum absolute atomic E-state index is 14.3. The number of nitrogens with one attached hydrogen (secondary N) is 1. The molecule has 0 saturated carbocycles. The first kappa shape index (κ1) is 21.7. The van der Waals surface area contributed by atoms with Gasteiger partial charge in [-0.25, -0.2) is 12.8 Å². The fourth-order valence-corrected chi connectivity index (χ4v) is 5.61. The molecule has 8 heteroatoms. The maximum atomic E-state index is 14.3. The van der Waals surface area contributed by atoms with Gasteiger partial charge in [0.2, 0.25) is 10.0 Å². The molecular formula is C21H24ClFN2O3S. The Hall–Kier alpha value is -1.96. The van der Waals surface area contributed by atoms with E-state index in [1.54, 1.807) is 24.3 Å². The van der Waals surface area contributed by atoms with Gasteiger partial charge in [-0.15, -0.1) is 0 Å². The normalized spacial score (nSPS) is 20.4. The molecule has 0 aliphatic carbocycles. The Morgan fingerprint density at radius 1 is 1.17 bits per heavy atom. The van der Waals surface area contributed by atoms with E-state index in [0.717, 1.165) is 18.6 Å². The fourth-order valence-electron chi connectivity index (χ4n) is 3.70. The number of halogens is 2. The Balaban J connectivity index is 1.82. The van der Waals surface area contributed by atoms with E-state index >= 15 is 0 Å². The minimum atomic E-state index is -3.81. The summed E-state index contributed by atoms with van der Waals surface area (Å²) in [7, 11) is -3.81. The van der Waals surface area contributed by atoms with Crippen LogP contribution in [0.15, 0.2) is 47.4 Å². The third-order valence-electron chi connectivity index (χ3n) is 5.05. The standard InChI is InChI=1S/C21H24ClFN2O3S/c1-14-9-15(2)13-25(12-14)29(27,28)17-7-8-20(23)18(10-17)21(26)24-11-16-5-3-4-6-19(16)22/h3-8,10,14-15H,9,11-13H2,1-2H3,(H,24,26). The van der Waals surface area contributed by atoms with Crippen LogP contribution in [-0.2, 0) is 16.6 Å². The van der Waals surface area contributed by atoms with Crippen molar-refractivity contribution in [1.29, 1.82) is 0 Å². The number of hydrogen-bond acceptors (Lipinski definition) is 3. The Labute approximate surface area is 175 Å². The largest absolute Gasteiger partial charge is 0.348 e. The Morgan fingerprint density at radius 3 is 2.48 bits per heavy atom. The van der Waals surface area contributed by atoms with Crippen molar-refractivity contribution in [2.75, 3.05) is 13.1 Å². The SMILES string of the molecule is CC1CC(C)CN(S(=O)(=O)c2ccc(F)c(C(=O)NCc3ccccc3Cl)c2)C1. The summed E-state index contributed by atoms with van der Waals surface area (Å²) in [4.78, 5) is 12.4. The molecule has 2 aromatic rings. The molecule has 2 unspecified atom stereocenters. The molecule has 1 saturated heterocycles. The lowest BCUT2D eigenvalue weighted by Gasteiger charge is -2.34. The molecule has 0 bridgehead atoms. The van der Waals surface area contributed by atoms with Crippen molar-refractivity contribution in [3.63, 3.8) is 0 Å². The first-order chi connectivity index (χ1) is 13.7. The number of benzene rings is 2. The van der Waals surface area contributed by atoms with Gasteiger partial charge in [-0.3, -0.25) is 4.79 Å².